The molecule has 106 valence electrons. The van der Waals surface area contributed by atoms with Crippen molar-refractivity contribution >= 4 is 17.3 Å². The van der Waals surface area contributed by atoms with E-state index >= 15 is 0 Å². The van der Waals surface area contributed by atoms with Gasteiger partial charge in [0.2, 0.25) is 0 Å². The van der Waals surface area contributed by atoms with Gasteiger partial charge < -0.3 is 4.57 Å². The van der Waals surface area contributed by atoms with Crippen LogP contribution in [0.5, 0.6) is 0 Å². The Morgan fingerprint density at radius 2 is 2.15 bits per heavy atom. The standard InChI is InChI=1S/C13H15ClN4O2/c1-3-7-17-11(8-14)15-16-13(17)12-9(2)5-4-6-10(12)18(19)20/h4-6H,3,7-8H2,1-2H3. The van der Waals surface area contributed by atoms with Gasteiger partial charge >= 0.3 is 0 Å². The fourth-order valence-electron chi connectivity index (χ4n) is 2.17. The number of aryl methyl sites for hydroxylation is 1. The second kappa shape index (κ2) is 6.00. The normalized spacial score (nSPS) is 10.8. The van der Waals surface area contributed by atoms with Crippen molar-refractivity contribution in [1.82, 2.24) is 14.8 Å². The lowest BCUT2D eigenvalue weighted by Gasteiger charge is -2.10. The molecule has 0 amide bonds. The molecule has 0 fully saturated rings. The molecule has 0 aliphatic rings. The average molecular weight is 295 g/mol. The second-order valence-electron chi connectivity index (χ2n) is 4.45. The molecule has 1 aromatic carbocycles. The monoisotopic (exact) mass is 294 g/mol. The first-order valence-corrected chi connectivity index (χ1v) is 6.86. The fraction of sp³-hybridized carbons (Fsp3) is 0.385. The summed E-state index contributed by atoms with van der Waals surface area (Å²) in [5.74, 6) is 1.36. The molecule has 1 heterocycles. The van der Waals surface area contributed by atoms with Gasteiger partial charge in [-0.3, -0.25) is 10.1 Å². The molecule has 0 N–H and O–H groups in total. The van der Waals surface area contributed by atoms with E-state index in [4.69, 9.17) is 11.6 Å². The molecule has 0 spiro atoms. The first-order chi connectivity index (χ1) is 9.60. The Hall–Kier alpha value is -1.95. The summed E-state index contributed by atoms with van der Waals surface area (Å²) in [5.41, 5.74) is 1.34. The number of alkyl halides is 1. The van der Waals surface area contributed by atoms with Crippen molar-refractivity contribution in [2.24, 2.45) is 0 Å². The van der Waals surface area contributed by atoms with Crippen LogP contribution >= 0.6 is 11.6 Å². The SMILES string of the molecule is CCCn1c(CCl)nnc1-c1c(C)cccc1[N+](=O)[O-]. The third kappa shape index (κ3) is 2.51. The van der Waals surface area contributed by atoms with E-state index in [0.717, 1.165) is 12.0 Å². The lowest BCUT2D eigenvalue weighted by Crippen LogP contribution is -2.06. The number of nitrogens with zero attached hydrogens (tertiary/aromatic N) is 4. The molecule has 1 aromatic heterocycles. The summed E-state index contributed by atoms with van der Waals surface area (Å²) in [7, 11) is 0. The molecule has 2 rings (SSSR count). The van der Waals surface area contributed by atoms with Crippen molar-refractivity contribution in [3.63, 3.8) is 0 Å². The minimum Gasteiger partial charge on any atom is -0.310 e. The molecule has 6 nitrogen and oxygen atoms in total. The van der Waals surface area contributed by atoms with Crippen LogP contribution in [0.25, 0.3) is 11.4 Å². The number of nitro benzene ring substituents is 1. The predicted molar refractivity (Wildman–Crippen MR) is 76.7 cm³/mol. The highest BCUT2D eigenvalue weighted by Gasteiger charge is 2.23. The van der Waals surface area contributed by atoms with Crippen LogP contribution < -0.4 is 0 Å². The van der Waals surface area contributed by atoms with Crippen molar-refractivity contribution in [1.29, 1.82) is 0 Å². The molecule has 20 heavy (non-hydrogen) atoms. The summed E-state index contributed by atoms with van der Waals surface area (Å²) in [5, 5.41) is 19.3. The number of benzene rings is 1. The highest BCUT2D eigenvalue weighted by atomic mass is 35.5. The van der Waals surface area contributed by atoms with Gasteiger partial charge in [-0.05, 0) is 18.9 Å². The second-order valence-corrected chi connectivity index (χ2v) is 4.72. The van der Waals surface area contributed by atoms with Crippen LogP contribution in [-0.2, 0) is 12.4 Å². The molecule has 0 aliphatic heterocycles. The van der Waals surface area contributed by atoms with E-state index in [1.165, 1.54) is 6.07 Å². The topological polar surface area (TPSA) is 73.8 Å². The smallest absolute Gasteiger partial charge is 0.280 e. The summed E-state index contributed by atoms with van der Waals surface area (Å²) >= 11 is 5.85. The van der Waals surface area contributed by atoms with Crippen LogP contribution in [0.15, 0.2) is 18.2 Å². The first-order valence-electron chi connectivity index (χ1n) is 6.32. The molecular formula is C13H15ClN4O2. The summed E-state index contributed by atoms with van der Waals surface area (Å²) in [6.07, 6.45) is 0.870. The third-order valence-corrected chi connectivity index (χ3v) is 3.30. The van der Waals surface area contributed by atoms with Gasteiger partial charge in [0, 0.05) is 12.6 Å². The summed E-state index contributed by atoms with van der Waals surface area (Å²) in [6, 6.07) is 4.97. The zero-order valence-corrected chi connectivity index (χ0v) is 12.1. The molecule has 0 saturated carbocycles. The zero-order chi connectivity index (χ0) is 14.7. The van der Waals surface area contributed by atoms with Gasteiger partial charge in [0.1, 0.15) is 5.82 Å². The minimum atomic E-state index is -0.395. The van der Waals surface area contributed by atoms with Crippen LogP contribution in [-0.4, -0.2) is 19.7 Å². The highest BCUT2D eigenvalue weighted by Crippen LogP contribution is 2.32. The quantitative estimate of drug-likeness (QED) is 0.482. The van der Waals surface area contributed by atoms with Crippen LogP contribution in [0.3, 0.4) is 0 Å². The average Bonchev–Trinajstić information content (AvgIpc) is 2.81. The maximum absolute atomic E-state index is 11.2. The number of hydrogen-bond acceptors (Lipinski definition) is 4. The minimum absolute atomic E-state index is 0.0378. The molecule has 0 radical (unpaired) electrons. The summed E-state index contributed by atoms with van der Waals surface area (Å²) in [4.78, 5) is 10.8. The molecule has 0 atom stereocenters. The molecule has 7 heteroatoms. The lowest BCUT2D eigenvalue weighted by molar-refractivity contribution is -0.384. The largest absolute Gasteiger partial charge is 0.310 e. The maximum Gasteiger partial charge on any atom is 0.280 e. The van der Waals surface area contributed by atoms with Crippen molar-refractivity contribution in [3.05, 3.63) is 39.7 Å². The molecule has 0 aliphatic carbocycles. The van der Waals surface area contributed by atoms with E-state index in [1.807, 2.05) is 24.5 Å². The van der Waals surface area contributed by atoms with Gasteiger partial charge in [-0.15, -0.1) is 21.8 Å². The van der Waals surface area contributed by atoms with Crippen LogP contribution in [0.2, 0.25) is 0 Å². The molecule has 2 aromatic rings. The number of rotatable bonds is 5. The van der Waals surface area contributed by atoms with E-state index in [2.05, 4.69) is 10.2 Å². The number of nitro groups is 1. The Bertz CT molecular complexity index is 639. The van der Waals surface area contributed by atoms with E-state index in [1.54, 1.807) is 6.07 Å². The molecule has 0 bridgehead atoms. The Morgan fingerprint density at radius 1 is 1.40 bits per heavy atom. The number of hydrogen-bond donors (Lipinski definition) is 0. The van der Waals surface area contributed by atoms with Gasteiger partial charge in [0.15, 0.2) is 5.82 Å². The first kappa shape index (κ1) is 14.5. The Balaban J connectivity index is 2.68. The predicted octanol–water partition coefficient (Wildman–Crippen LogP) is 3.31. The molecule has 0 unspecified atom stereocenters. The van der Waals surface area contributed by atoms with E-state index in [0.29, 0.717) is 23.8 Å². The van der Waals surface area contributed by atoms with Crippen LogP contribution in [0.4, 0.5) is 5.69 Å². The van der Waals surface area contributed by atoms with Gasteiger partial charge in [0.25, 0.3) is 5.69 Å². The molecule has 0 saturated heterocycles. The maximum atomic E-state index is 11.2. The van der Waals surface area contributed by atoms with Crippen LogP contribution in [0.1, 0.15) is 24.7 Å². The van der Waals surface area contributed by atoms with Crippen molar-refractivity contribution in [3.8, 4) is 11.4 Å². The van der Waals surface area contributed by atoms with Crippen molar-refractivity contribution < 1.29 is 4.92 Å². The Labute approximate surface area is 121 Å². The number of aromatic nitrogens is 3. The Morgan fingerprint density at radius 3 is 2.75 bits per heavy atom. The van der Waals surface area contributed by atoms with Gasteiger partial charge in [0.05, 0.1) is 16.4 Å². The van der Waals surface area contributed by atoms with Crippen LogP contribution in [0, 0.1) is 17.0 Å². The van der Waals surface area contributed by atoms with Gasteiger partial charge in [-0.25, -0.2) is 0 Å². The summed E-state index contributed by atoms with van der Waals surface area (Å²) in [6.45, 7) is 4.53. The van der Waals surface area contributed by atoms with Gasteiger partial charge in [-0.1, -0.05) is 19.1 Å². The van der Waals surface area contributed by atoms with E-state index in [-0.39, 0.29) is 11.6 Å². The summed E-state index contributed by atoms with van der Waals surface area (Å²) < 4.78 is 1.85. The van der Waals surface area contributed by atoms with E-state index in [9.17, 15) is 10.1 Å². The Kier molecular flexibility index (Phi) is 4.34. The highest BCUT2D eigenvalue weighted by molar-refractivity contribution is 6.16. The van der Waals surface area contributed by atoms with Crippen molar-refractivity contribution in [2.45, 2.75) is 32.7 Å². The third-order valence-electron chi connectivity index (χ3n) is 3.07. The zero-order valence-electron chi connectivity index (χ0n) is 11.3. The number of halogens is 1. The molecular weight excluding hydrogens is 280 g/mol. The van der Waals surface area contributed by atoms with Gasteiger partial charge in [-0.2, -0.15) is 0 Å². The lowest BCUT2D eigenvalue weighted by atomic mass is 10.1. The van der Waals surface area contributed by atoms with E-state index < -0.39 is 4.92 Å². The fourth-order valence-corrected chi connectivity index (χ4v) is 2.37. The van der Waals surface area contributed by atoms with Crippen molar-refractivity contribution in [2.75, 3.05) is 0 Å².